The van der Waals surface area contributed by atoms with E-state index in [-0.39, 0.29) is 75.0 Å². The number of nitrogens with one attached hydrogen (secondary N) is 1. The molecule has 6 rings (SSSR count). The molecule has 2 fully saturated rings. The monoisotopic (exact) mass is 794 g/mol. The van der Waals surface area contributed by atoms with Gasteiger partial charge in [-0.2, -0.15) is 18.4 Å². The number of imide groups is 3. The second kappa shape index (κ2) is 16.5. The third-order valence-electron chi connectivity index (χ3n) is 9.65. The van der Waals surface area contributed by atoms with Crippen LogP contribution >= 0.6 is 0 Å². The van der Waals surface area contributed by atoms with Gasteiger partial charge in [-0.05, 0) is 63.4 Å². The van der Waals surface area contributed by atoms with E-state index in [1.54, 1.807) is 23.0 Å². The molecule has 0 spiro atoms. The Balaban J connectivity index is 0.887. The van der Waals surface area contributed by atoms with Crippen LogP contribution in [0.2, 0.25) is 0 Å². The molecule has 1 N–H and O–H groups in total. The van der Waals surface area contributed by atoms with Gasteiger partial charge in [0.25, 0.3) is 17.7 Å². The molecular weight excluding hydrogens is 757 g/mol. The number of carbonyl (C=O) groups is 6. The average Bonchev–Trinajstić information content (AvgIpc) is 3.77. The molecule has 0 bridgehead atoms. The second-order valence-corrected chi connectivity index (χ2v) is 13.8. The van der Waals surface area contributed by atoms with Gasteiger partial charge >= 0.3 is 12.2 Å². The molecule has 20 heteroatoms. The predicted octanol–water partition coefficient (Wildman–Crippen LogP) is 3.21. The Kier molecular flexibility index (Phi) is 11.7. The average molecular weight is 795 g/mol. The summed E-state index contributed by atoms with van der Waals surface area (Å²) < 4.78 is 59.1. The largest absolute Gasteiger partial charge is 0.490 e. The third kappa shape index (κ3) is 8.34. The van der Waals surface area contributed by atoms with Crippen LogP contribution in [0.4, 0.5) is 23.7 Å². The van der Waals surface area contributed by atoms with Gasteiger partial charge in [-0.25, -0.2) is 9.69 Å². The molecule has 1 aromatic heterocycles. The lowest BCUT2D eigenvalue weighted by atomic mass is 10.0. The number of benzene rings is 2. The van der Waals surface area contributed by atoms with E-state index in [1.807, 2.05) is 0 Å². The number of aryl methyl sites for hydroxylation is 1. The van der Waals surface area contributed by atoms with E-state index in [0.29, 0.717) is 36.0 Å². The van der Waals surface area contributed by atoms with E-state index in [0.717, 1.165) is 17.0 Å². The van der Waals surface area contributed by atoms with Crippen LogP contribution in [0.1, 0.15) is 77.1 Å². The highest BCUT2D eigenvalue weighted by Crippen LogP contribution is 2.38. The van der Waals surface area contributed by atoms with E-state index >= 15 is 0 Å². The molecule has 1 unspecified atom stereocenters. The van der Waals surface area contributed by atoms with E-state index in [4.69, 9.17) is 19.5 Å². The first-order valence-electron chi connectivity index (χ1n) is 17.9. The number of ether oxygens (including phenoxy) is 3. The molecule has 3 aliphatic rings. The number of piperidine rings is 1. The molecule has 2 saturated heterocycles. The van der Waals surface area contributed by atoms with Crippen molar-refractivity contribution in [2.45, 2.75) is 70.4 Å². The minimum Gasteiger partial charge on any atom is -0.490 e. The SMILES string of the molecule is CC1(C)C(=O)N(c2ccc(C#N)c(C(F)(F)F)c2)C(=O)N1CCCCn1cc(COCCOCCOc2cccc3c2C(=O)N(C2CCC(=O)NC2=O)C3=O)nn1. The number of rotatable bonds is 16. The van der Waals surface area contributed by atoms with Gasteiger partial charge in [0.15, 0.2) is 0 Å². The van der Waals surface area contributed by atoms with Crippen molar-refractivity contribution in [1.29, 1.82) is 5.26 Å². The third-order valence-corrected chi connectivity index (χ3v) is 9.65. The van der Waals surface area contributed by atoms with Gasteiger partial charge in [0.05, 0.1) is 66.6 Å². The summed E-state index contributed by atoms with van der Waals surface area (Å²) in [4.78, 5) is 79.4. The summed E-state index contributed by atoms with van der Waals surface area (Å²) in [5.74, 6) is -2.97. The van der Waals surface area contributed by atoms with Crippen molar-refractivity contribution >= 4 is 41.3 Å². The lowest BCUT2D eigenvalue weighted by Crippen LogP contribution is -2.54. The van der Waals surface area contributed by atoms with Gasteiger partial charge in [-0.15, -0.1) is 5.10 Å². The van der Waals surface area contributed by atoms with Crippen molar-refractivity contribution in [2.75, 3.05) is 37.9 Å². The summed E-state index contributed by atoms with van der Waals surface area (Å²) in [6.45, 7) is 4.41. The number of nitrogens with zero attached hydrogens (tertiary/aromatic N) is 7. The molecule has 4 heterocycles. The topological polar surface area (TPSA) is 206 Å². The van der Waals surface area contributed by atoms with Crippen molar-refractivity contribution in [3.05, 3.63) is 70.5 Å². The minimum atomic E-state index is -4.85. The van der Waals surface area contributed by atoms with Gasteiger partial charge in [-0.3, -0.25) is 38.9 Å². The second-order valence-electron chi connectivity index (χ2n) is 13.8. The van der Waals surface area contributed by atoms with Crippen molar-refractivity contribution in [3.8, 4) is 11.8 Å². The Morgan fingerprint density at radius 1 is 0.965 bits per heavy atom. The first kappa shape index (κ1) is 40.5. The fraction of sp³-hybridized carbons (Fsp3) is 0.432. The van der Waals surface area contributed by atoms with Gasteiger partial charge in [0.1, 0.15) is 29.6 Å². The summed E-state index contributed by atoms with van der Waals surface area (Å²) >= 11 is 0. The number of urea groups is 1. The number of alkyl halides is 3. The molecule has 17 nitrogen and oxygen atoms in total. The van der Waals surface area contributed by atoms with Gasteiger partial charge in [0.2, 0.25) is 11.8 Å². The van der Waals surface area contributed by atoms with E-state index in [1.165, 1.54) is 30.9 Å². The Morgan fingerprint density at radius 2 is 1.70 bits per heavy atom. The van der Waals surface area contributed by atoms with Crippen LogP contribution < -0.4 is 15.0 Å². The molecule has 2 aromatic carbocycles. The van der Waals surface area contributed by atoms with Crippen LogP contribution in [-0.4, -0.2) is 105 Å². The van der Waals surface area contributed by atoms with Crippen molar-refractivity contribution < 1.29 is 56.1 Å². The number of unbranched alkanes of at least 4 members (excludes halogenated alkanes) is 1. The fourth-order valence-corrected chi connectivity index (χ4v) is 6.71. The lowest BCUT2D eigenvalue weighted by molar-refractivity contribution is -0.138. The molecule has 7 amide bonds. The lowest BCUT2D eigenvalue weighted by Gasteiger charge is -2.27. The predicted molar refractivity (Wildman–Crippen MR) is 188 cm³/mol. The molecule has 0 radical (unpaired) electrons. The van der Waals surface area contributed by atoms with Crippen LogP contribution in [-0.2, 0) is 43.2 Å². The number of amides is 7. The summed E-state index contributed by atoms with van der Waals surface area (Å²) in [5.41, 5.74) is -2.72. The maximum Gasteiger partial charge on any atom is 0.417 e. The zero-order valence-corrected chi connectivity index (χ0v) is 30.8. The number of hydrogen-bond donors (Lipinski definition) is 1. The molecule has 0 aliphatic carbocycles. The van der Waals surface area contributed by atoms with E-state index in [2.05, 4.69) is 15.6 Å². The summed E-state index contributed by atoms with van der Waals surface area (Å²) in [5, 5.41) is 19.4. The molecule has 3 aromatic rings. The number of aromatic nitrogens is 3. The fourth-order valence-electron chi connectivity index (χ4n) is 6.71. The molecule has 1 atom stereocenters. The molecule has 300 valence electrons. The summed E-state index contributed by atoms with van der Waals surface area (Å²) in [7, 11) is 0. The minimum absolute atomic E-state index is 0.0136. The van der Waals surface area contributed by atoms with Crippen molar-refractivity contribution in [3.63, 3.8) is 0 Å². The van der Waals surface area contributed by atoms with Crippen LogP contribution in [0.5, 0.6) is 5.75 Å². The number of halogens is 3. The number of anilines is 1. The normalized spacial score (nSPS) is 18.0. The van der Waals surface area contributed by atoms with Gasteiger partial charge in [-0.1, -0.05) is 11.3 Å². The number of carbonyl (C=O) groups excluding carboxylic acids is 6. The highest BCUT2D eigenvalue weighted by Gasteiger charge is 2.52. The molecule has 57 heavy (non-hydrogen) atoms. The Labute approximate surface area is 323 Å². The Morgan fingerprint density at radius 3 is 2.44 bits per heavy atom. The number of hydrogen-bond acceptors (Lipinski definition) is 12. The van der Waals surface area contributed by atoms with Crippen molar-refractivity contribution in [1.82, 2.24) is 30.1 Å². The van der Waals surface area contributed by atoms with Gasteiger partial charge < -0.3 is 19.1 Å². The van der Waals surface area contributed by atoms with E-state index < -0.39 is 64.5 Å². The smallest absolute Gasteiger partial charge is 0.417 e. The van der Waals surface area contributed by atoms with Crippen LogP contribution in [0.3, 0.4) is 0 Å². The summed E-state index contributed by atoms with van der Waals surface area (Å²) in [6, 6.07) is 6.95. The first-order valence-corrected chi connectivity index (χ1v) is 17.9. The first-order chi connectivity index (χ1) is 27.1. The van der Waals surface area contributed by atoms with Crippen LogP contribution in [0.25, 0.3) is 0 Å². The highest BCUT2D eigenvalue weighted by molar-refractivity contribution is 6.25. The quantitative estimate of drug-likeness (QED) is 0.126. The highest BCUT2D eigenvalue weighted by atomic mass is 19.4. The number of nitriles is 1. The zero-order valence-electron chi connectivity index (χ0n) is 30.8. The molecule has 3 aliphatic heterocycles. The van der Waals surface area contributed by atoms with Crippen LogP contribution in [0, 0.1) is 11.3 Å². The number of fused-ring (bicyclic) bond motifs is 1. The zero-order chi connectivity index (χ0) is 41.1. The summed E-state index contributed by atoms with van der Waals surface area (Å²) in [6.07, 6.45) is -2.11. The van der Waals surface area contributed by atoms with Crippen molar-refractivity contribution in [2.24, 2.45) is 0 Å². The van der Waals surface area contributed by atoms with E-state index in [9.17, 15) is 41.9 Å². The van der Waals surface area contributed by atoms with Gasteiger partial charge in [0, 0.05) is 19.5 Å². The standard InChI is InChI=1S/C37H37F3N8O9/c1-36(2)34(53)47(24-9-8-22(19-41)26(18-24)37(38,39)40)35(54)46(36)13-4-3-12-45-20-23(43-44-45)21-56-15-14-55-16-17-57-28-7-5-6-25-30(28)33(52)48(32(25)51)27-10-11-29(49)42-31(27)50/h5-9,18,20,27H,3-4,10-17,21H2,1-2H3,(H,42,49,50). The molecule has 0 saturated carbocycles. The Bertz CT molecular complexity index is 2150. The van der Waals surface area contributed by atoms with Crippen LogP contribution in [0.15, 0.2) is 42.6 Å². The Hall–Kier alpha value is -6.20. The maximum atomic E-state index is 13.5. The maximum absolute atomic E-state index is 13.5. The molecular formula is C37H37F3N8O9.